The van der Waals surface area contributed by atoms with Crippen molar-refractivity contribution in [3.8, 4) is 0 Å². The van der Waals surface area contributed by atoms with Crippen LogP contribution < -0.4 is 5.32 Å². The quantitative estimate of drug-likeness (QED) is 0.855. The van der Waals surface area contributed by atoms with Gasteiger partial charge in [-0.1, -0.05) is 25.1 Å². The van der Waals surface area contributed by atoms with Crippen LogP contribution in [-0.4, -0.2) is 33.6 Å². The summed E-state index contributed by atoms with van der Waals surface area (Å²) in [4.78, 5) is 9.02. The van der Waals surface area contributed by atoms with Crippen molar-refractivity contribution >= 4 is 24.1 Å². The molecule has 0 amide bonds. The van der Waals surface area contributed by atoms with E-state index in [1.165, 1.54) is 0 Å². The lowest BCUT2D eigenvalue weighted by molar-refractivity contribution is 0.213. The first-order valence-corrected chi connectivity index (χ1v) is 8.16. The van der Waals surface area contributed by atoms with Gasteiger partial charge >= 0.3 is 0 Å². The van der Waals surface area contributed by atoms with E-state index in [2.05, 4.69) is 41.3 Å². The summed E-state index contributed by atoms with van der Waals surface area (Å²) in [6, 6.07) is 11.9. The SMILES string of the molecule is CC/C=N\N1N=CC(C)(c2ccnc(Nc3ccccc3)n2)C1C. The Labute approximate surface area is 142 Å². The molecule has 0 fully saturated rings. The van der Waals surface area contributed by atoms with Crippen molar-refractivity contribution in [1.82, 2.24) is 15.1 Å². The van der Waals surface area contributed by atoms with E-state index in [4.69, 9.17) is 4.98 Å². The summed E-state index contributed by atoms with van der Waals surface area (Å²) in [5.74, 6) is 0.580. The van der Waals surface area contributed by atoms with Crippen LogP contribution in [0.5, 0.6) is 0 Å². The molecular weight excluding hydrogens is 300 g/mol. The van der Waals surface area contributed by atoms with Crippen LogP contribution in [0.25, 0.3) is 0 Å². The Balaban J connectivity index is 1.83. The third-order valence-electron chi connectivity index (χ3n) is 4.28. The molecule has 0 radical (unpaired) electrons. The summed E-state index contributed by atoms with van der Waals surface area (Å²) in [7, 11) is 0. The van der Waals surface area contributed by atoms with Gasteiger partial charge in [-0.25, -0.2) is 9.97 Å². The van der Waals surface area contributed by atoms with Gasteiger partial charge in [-0.2, -0.15) is 15.3 Å². The largest absolute Gasteiger partial charge is 0.324 e. The molecule has 2 atom stereocenters. The third kappa shape index (κ3) is 3.13. The summed E-state index contributed by atoms with van der Waals surface area (Å²) in [5.41, 5.74) is 1.56. The Morgan fingerprint density at radius 3 is 2.83 bits per heavy atom. The molecule has 6 heteroatoms. The molecule has 1 N–H and O–H groups in total. The van der Waals surface area contributed by atoms with Crippen LogP contribution in [0.15, 0.2) is 52.8 Å². The number of hydrazone groups is 2. The Morgan fingerprint density at radius 2 is 2.08 bits per heavy atom. The molecule has 0 saturated heterocycles. The average Bonchev–Trinajstić information content (AvgIpc) is 2.90. The Kier molecular flexibility index (Phi) is 4.55. The lowest BCUT2D eigenvalue weighted by Gasteiger charge is -2.28. The van der Waals surface area contributed by atoms with E-state index in [1.807, 2.05) is 48.8 Å². The van der Waals surface area contributed by atoms with Crippen molar-refractivity contribution in [3.05, 3.63) is 48.3 Å². The van der Waals surface area contributed by atoms with Crippen LogP contribution >= 0.6 is 0 Å². The molecule has 2 aromatic rings. The first-order valence-electron chi connectivity index (χ1n) is 8.16. The van der Waals surface area contributed by atoms with Crippen molar-refractivity contribution in [2.24, 2.45) is 10.2 Å². The highest BCUT2D eigenvalue weighted by atomic mass is 15.7. The minimum atomic E-state index is -0.318. The fraction of sp³-hybridized carbons (Fsp3) is 0.333. The van der Waals surface area contributed by atoms with E-state index in [0.717, 1.165) is 17.8 Å². The van der Waals surface area contributed by atoms with Gasteiger partial charge in [-0.15, -0.1) is 0 Å². The molecule has 2 unspecified atom stereocenters. The number of hydrogen-bond acceptors (Lipinski definition) is 6. The van der Waals surface area contributed by atoms with Gasteiger partial charge in [0.25, 0.3) is 0 Å². The Hall–Kier alpha value is -2.76. The number of para-hydroxylation sites is 1. The molecule has 0 spiro atoms. The minimum absolute atomic E-state index is 0.0831. The van der Waals surface area contributed by atoms with Crippen LogP contribution in [-0.2, 0) is 5.41 Å². The van der Waals surface area contributed by atoms with E-state index >= 15 is 0 Å². The van der Waals surface area contributed by atoms with E-state index < -0.39 is 0 Å². The van der Waals surface area contributed by atoms with Crippen molar-refractivity contribution in [1.29, 1.82) is 0 Å². The van der Waals surface area contributed by atoms with E-state index in [0.29, 0.717) is 5.95 Å². The number of benzene rings is 1. The normalized spacial score (nSPS) is 23.1. The van der Waals surface area contributed by atoms with Gasteiger partial charge < -0.3 is 5.32 Å². The maximum Gasteiger partial charge on any atom is 0.227 e. The molecule has 2 heterocycles. The van der Waals surface area contributed by atoms with E-state index in [1.54, 1.807) is 11.3 Å². The highest BCUT2D eigenvalue weighted by Gasteiger charge is 2.41. The van der Waals surface area contributed by atoms with Gasteiger partial charge in [0.05, 0.1) is 17.2 Å². The van der Waals surface area contributed by atoms with Gasteiger partial charge in [0, 0.05) is 24.3 Å². The maximum absolute atomic E-state index is 4.69. The molecule has 0 saturated carbocycles. The molecule has 1 aliphatic heterocycles. The van der Waals surface area contributed by atoms with Gasteiger partial charge in [0.2, 0.25) is 5.95 Å². The fourth-order valence-electron chi connectivity index (χ4n) is 2.57. The zero-order valence-corrected chi connectivity index (χ0v) is 14.2. The van der Waals surface area contributed by atoms with Crippen molar-refractivity contribution in [3.63, 3.8) is 0 Å². The second-order valence-electron chi connectivity index (χ2n) is 5.99. The molecule has 124 valence electrons. The zero-order chi connectivity index (χ0) is 17.0. The van der Waals surface area contributed by atoms with Gasteiger partial charge in [-0.05, 0) is 38.5 Å². The molecule has 0 bridgehead atoms. The predicted molar refractivity (Wildman–Crippen MR) is 97.7 cm³/mol. The van der Waals surface area contributed by atoms with Gasteiger partial charge in [0.15, 0.2) is 0 Å². The van der Waals surface area contributed by atoms with Crippen molar-refractivity contribution in [2.75, 3.05) is 5.32 Å². The molecule has 0 aliphatic carbocycles. The topological polar surface area (TPSA) is 65.8 Å². The fourth-order valence-corrected chi connectivity index (χ4v) is 2.57. The molecule has 3 rings (SSSR count). The van der Waals surface area contributed by atoms with Gasteiger partial charge in [0.1, 0.15) is 0 Å². The molecule has 24 heavy (non-hydrogen) atoms. The van der Waals surface area contributed by atoms with Crippen molar-refractivity contribution < 1.29 is 0 Å². The lowest BCUT2D eigenvalue weighted by Crippen LogP contribution is -2.39. The Bertz CT molecular complexity index is 742. The zero-order valence-electron chi connectivity index (χ0n) is 14.2. The molecule has 1 aromatic carbocycles. The van der Waals surface area contributed by atoms with Crippen molar-refractivity contribution in [2.45, 2.75) is 38.6 Å². The number of rotatable bonds is 5. The summed E-state index contributed by atoms with van der Waals surface area (Å²) >= 11 is 0. The number of anilines is 2. The summed E-state index contributed by atoms with van der Waals surface area (Å²) < 4.78 is 0. The molecule has 6 nitrogen and oxygen atoms in total. The number of aromatic nitrogens is 2. The molecule has 1 aromatic heterocycles. The smallest absolute Gasteiger partial charge is 0.227 e. The average molecular weight is 322 g/mol. The Morgan fingerprint density at radius 1 is 1.29 bits per heavy atom. The highest BCUT2D eigenvalue weighted by Crippen LogP contribution is 2.33. The second-order valence-corrected chi connectivity index (χ2v) is 5.99. The number of nitrogens with one attached hydrogen (secondary N) is 1. The maximum atomic E-state index is 4.69. The van der Waals surface area contributed by atoms with E-state index in [-0.39, 0.29) is 11.5 Å². The monoisotopic (exact) mass is 322 g/mol. The van der Waals surface area contributed by atoms with Crippen LogP contribution in [0.4, 0.5) is 11.6 Å². The summed E-state index contributed by atoms with van der Waals surface area (Å²) in [6.07, 6.45) is 6.44. The first kappa shape index (κ1) is 16.1. The van der Waals surface area contributed by atoms with Crippen LogP contribution in [0.3, 0.4) is 0 Å². The summed E-state index contributed by atoms with van der Waals surface area (Å²) in [5, 5.41) is 13.8. The second kappa shape index (κ2) is 6.78. The summed E-state index contributed by atoms with van der Waals surface area (Å²) in [6.45, 7) is 6.28. The first-order chi connectivity index (χ1) is 11.6. The van der Waals surface area contributed by atoms with Crippen LogP contribution in [0.1, 0.15) is 32.9 Å². The number of hydrogen-bond donors (Lipinski definition) is 1. The standard InChI is InChI=1S/C18H22N6/c1-4-11-20-24-14(2)18(3,13-21-24)16-10-12-19-17(23-16)22-15-8-6-5-7-9-15/h5-14H,4H2,1-3H3,(H,19,22,23)/b20-11-. The van der Waals surface area contributed by atoms with E-state index in [9.17, 15) is 0 Å². The van der Waals surface area contributed by atoms with Crippen LogP contribution in [0, 0.1) is 0 Å². The molecular formula is C18H22N6. The number of nitrogens with zero attached hydrogens (tertiary/aromatic N) is 5. The molecule has 1 aliphatic rings. The van der Waals surface area contributed by atoms with Gasteiger partial charge in [-0.3, -0.25) is 0 Å². The highest BCUT2D eigenvalue weighted by molar-refractivity contribution is 5.75. The predicted octanol–water partition coefficient (Wildman–Crippen LogP) is 3.56. The lowest BCUT2D eigenvalue weighted by atomic mass is 9.82. The third-order valence-corrected chi connectivity index (χ3v) is 4.28. The van der Waals surface area contributed by atoms with Crippen LogP contribution in [0.2, 0.25) is 0 Å². The minimum Gasteiger partial charge on any atom is -0.324 e.